The minimum Gasteiger partial charge on any atom is -0.356 e. The van der Waals surface area contributed by atoms with Crippen LogP contribution >= 0.6 is 0 Å². The summed E-state index contributed by atoms with van der Waals surface area (Å²) in [7, 11) is 0. The van der Waals surface area contributed by atoms with Crippen LogP contribution in [-0.4, -0.2) is 24.6 Å². The molecule has 2 rings (SSSR count). The molecule has 0 spiro atoms. The number of nitrogens with zero attached hydrogens (tertiary/aromatic N) is 1. The van der Waals surface area contributed by atoms with E-state index in [4.69, 9.17) is 4.74 Å². The van der Waals surface area contributed by atoms with Crippen LogP contribution in [0, 0.1) is 6.23 Å². The highest BCUT2D eigenvalue weighted by Crippen LogP contribution is 2.26. The Kier molecular flexibility index (Phi) is 1.91. The fourth-order valence-electron chi connectivity index (χ4n) is 1.70. The Bertz CT molecular complexity index is 89.8. The summed E-state index contributed by atoms with van der Waals surface area (Å²) in [5.41, 5.74) is 0. The van der Waals surface area contributed by atoms with Gasteiger partial charge in [-0.05, 0) is 25.7 Å². The molecule has 2 saturated heterocycles. The van der Waals surface area contributed by atoms with Gasteiger partial charge in [-0.2, -0.15) is 0 Å². The molecule has 2 fully saturated rings. The molecule has 2 aliphatic heterocycles. The molecule has 2 nitrogen and oxygen atoms in total. The molecule has 0 amide bonds. The molecular weight excluding hydrogens is 126 g/mol. The lowest BCUT2D eigenvalue weighted by Crippen LogP contribution is -2.24. The van der Waals surface area contributed by atoms with Crippen LogP contribution in [0.2, 0.25) is 0 Å². The number of ether oxygens (including phenoxy) is 1. The van der Waals surface area contributed by atoms with Crippen molar-refractivity contribution < 1.29 is 4.74 Å². The number of hydrogen-bond donors (Lipinski definition) is 0. The van der Waals surface area contributed by atoms with E-state index in [0.717, 1.165) is 6.61 Å². The Balaban J connectivity index is 1.85. The summed E-state index contributed by atoms with van der Waals surface area (Å²) in [6.07, 6.45) is 6.38. The van der Waals surface area contributed by atoms with E-state index < -0.39 is 0 Å². The van der Waals surface area contributed by atoms with Crippen LogP contribution in [0.4, 0.5) is 0 Å². The van der Waals surface area contributed by atoms with Gasteiger partial charge in [0, 0.05) is 19.7 Å². The third-order valence-corrected chi connectivity index (χ3v) is 2.26. The van der Waals surface area contributed by atoms with Gasteiger partial charge < -0.3 is 4.74 Å². The van der Waals surface area contributed by atoms with Crippen molar-refractivity contribution >= 4 is 0 Å². The van der Waals surface area contributed by atoms with Gasteiger partial charge in [0.1, 0.15) is 0 Å². The van der Waals surface area contributed by atoms with E-state index in [1.165, 1.54) is 45.0 Å². The van der Waals surface area contributed by atoms with Gasteiger partial charge in [0.25, 0.3) is 0 Å². The lowest BCUT2D eigenvalue weighted by molar-refractivity contribution is 0.0898. The molecule has 2 heterocycles. The molecule has 2 heteroatoms. The molecule has 0 aliphatic carbocycles. The first-order valence-corrected chi connectivity index (χ1v) is 4.20. The van der Waals surface area contributed by atoms with Gasteiger partial charge >= 0.3 is 0 Å². The summed E-state index contributed by atoms with van der Waals surface area (Å²) < 4.78 is 5.48. The van der Waals surface area contributed by atoms with Crippen LogP contribution in [0.1, 0.15) is 25.7 Å². The maximum atomic E-state index is 5.48. The average molecular weight is 140 g/mol. The monoisotopic (exact) mass is 140 g/mol. The highest BCUT2D eigenvalue weighted by Gasteiger charge is 2.26. The second kappa shape index (κ2) is 2.89. The zero-order valence-electron chi connectivity index (χ0n) is 6.31. The maximum Gasteiger partial charge on any atom is 0.164 e. The van der Waals surface area contributed by atoms with Crippen molar-refractivity contribution in [1.29, 1.82) is 0 Å². The second-order valence-electron chi connectivity index (χ2n) is 3.04. The Morgan fingerprint density at radius 3 is 2.50 bits per heavy atom. The average Bonchev–Trinajstić information content (AvgIpc) is 2.59. The third kappa shape index (κ3) is 1.18. The van der Waals surface area contributed by atoms with Crippen molar-refractivity contribution in [3.8, 4) is 0 Å². The normalized spacial score (nSPS) is 30.0. The predicted molar refractivity (Wildman–Crippen MR) is 39.2 cm³/mol. The second-order valence-corrected chi connectivity index (χ2v) is 3.04. The van der Waals surface area contributed by atoms with Crippen LogP contribution in [0.25, 0.3) is 0 Å². The number of likely N-dealkylation sites (tertiary alicyclic amines) is 1. The molecule has 0 aromatic rings. The van der Waals surface area contributed by atoms with E-state index in [1.807, 2.05) is 0 Å². The fraction of sp³-hybridized carbons (Fsp3) is 0.875. The topological polar surface area (TPSA) is 12.5 Å². The number of rotatable bonds is 1. The predicted octanol–water partition coefficient (Wildman–Crippen LogP) is 1.38. The first kappa shape index (κ1) is 6.62. The molecule has 1 radical (unpaired) electrons. The van der Waals surface area contributed by atoms with E-state index in [2.05, 4.69) is 4.90 Å². The SMILES string of the molecule is C1CO[C](N2CCCC2)C1. The molecule has 0 aromatic heterocycles. The van der Waals surface area contributed by atoms with Crippen LogP contribution < -0.4 is 0 Å². The van der Waals surface area contributed by atoms with Crippen molar-refractivity contribution in [2.45, 2.75) is 25.7 Å². The van der Waals surface area contributed by atoms with Gasteiger partial charge in [0.15, 0.2) is 6.23 Å². The largest absolute Gasteiger partial charge is 0.356 e. The van der Waals surface area contributed by atoms with Crippen LogP contribution in [-0.2, 0) is 4.74 Å². The van der Waals surface area contributed by atoms with E-state index in [1.54, 1.807) is 0 Å². The van der Waals surface area contributed by atoms with Crippen molar-refractivity contribution in [3.63, 3.8) is 0 Å². The molecule has 0 unspecified atom stereocenters. The van der Waals surface area contributed by atoms with E-state index in [-0.39, 0.29) is 0 Å². The molecular formula is C8H14NO. The maximum absolute atomic E-state index is 5.48. The Labute approximate surface area is 62.2 Å². The summed E-state index contributed by atoms with van der Waals surface area (Å²) >= 11 is 0. The standard InChI is InChI=1S/C8H14NO/c1-2-6-9(5-1)8-4-3-7-10-8/h1-7H2. The summed E-state index contributed by atoms with van der Waals surface area (Å²) in [6.45, 7) is 3.41. The highest BCUT2D eigenvalue weighted by molar-refractivity contribution is 4.86. The third-order valence-electron chi connectivity index (χ3n) is 2.26. The van der Waals surface area contributed by atoms with Crippen molar-refractivity contribution in [2.24, 2.45) is 0 Å². The molecule has 2 aliphatic rings. The highest BCUT2D eigenvalue weighted by atomic mass is 16.5. The smallest absolute Gasteiger partial charge is 0.164 e. The van der Waals surface area contributed by atoms with Crippen LogP contribution in [0.3, 0.4) is 0 Å². The zero-order valence-corrected chi connectivity index (χ0v) is 6.31. The molecule has 57 valence electrons. The Morgan fingerprint density at radius 2 is 1.90 bits per heavy atom. The van der Waals surface area contributed by atoms with Gasteiger partial charge in [-0.3, -0.25) is 4.90 Å². The minimum atomic E-state index is 0.950. The molecule has 0 bridgehead atoms. The van der Waals surface area contributed by atoms with E-state index in [0.29, 0.717) is 0 Å². The summed E-state index contributed by atoms with van der Waals surface area (Å²) in [4.78, 5) is 2.40. The molecule has 0 N–H and O–H groups in total. The summed E-state index contributed by atoms with van der Waals surface area (Å²) in [5, 5.41) is 0. The first-order chi connectivity index (χ1) is 4.97. The molecule has 0 atom stereocenters. The van der Waals surface area contributed by atoms with Crippen LogP contribution in [0.5, 0.6) is 0 Å². The van der Waals surface area contributed by atoms with Crippen molar-refractivity contribution in [1.82, 2.24) is 4.90 Å². The van der Waals surface area contributed by atoms with Crippen LogP contribution in [0.15, 0.2) is 0 Å². The summed E-state index contributed by atoms with van der Waals surface area (Å²) in [6, 6.07) is 0. The lowest BCUT2D eigenvalue weighted by atomic mass is 10.3. The first-order valence-electron chi connectivity index (χ1n) is 4.20. The minimum absolute atomic E-state index is 0.950. The van der Waals surface area contributed by atoms with Gasteiger partial charge in [-0.1, -0.05) is 0 Å². The quantitative estimate of drug-likeness (QED) is 0.545. The number of hydrogen-bond acceptors (Lipinski definition) is 2. The van der Waals surface area contributed by atoms with Gasteiger partial charge in [-0.25, -0.2) is 0 Å². The Morgan fingerprint density at radius 1 is 1.10 bits per heavy atom. The lowest BCUT2D eigenvalue weighted by Gasteiger charge is -2.19. The Hall–Kier alpha value is -0.0800. The van der Waals surface area contributed by atoms with Crippen molar-refractivity contribution in [3.05, 3.63) is 6.23 Å². The molecule has 0 aromatic carbocycles. The van der Waals surface area contributed by atoms with Gasteiger partial charge in [-0.15, -0.1) is 0 Å². The van der Waals surface area contributed by atoms with Gasteiger partial charge in [0.2, 0.25) is 0 Å². The van der Waals surface area contributed by atoms with E-state index in [9.17, 15) is 0 Å². The summed E-state index contributed by atoms with van der Waals surface area (Å²) in [5.74, 6) is 0. The zero-order chi connectivity index (χ0) is 6.81. The molecule has 10 heavy (non-hydrogen) atoms. The fourth-order valence-corrected chi connectivity index (χ4v) is 1.70. The van der Waals surface area contributed by atoms with Gasteiger partial charge in [0.05, 0.1) is 0 Å². The van der Waals surface area contributed by atoms with Crippen molar-refractivity contribution in [2.75, 3.05) is 19.7 Å². The van der Waals surface area contributed by atoms with E-state index >= 15 is 0 Å². The molecule has 0 saturated carbocycles.